The van der Waals surface area contributed by atoms with Crippen LogP contribution in [-0.4, -0.2) is 25.1 Å². The van der Waals surface area contributed by atoms with Gasteiger partial charge in [0.1, 0.15) is 5.75 Å². The number of halogens is 2. The first-order chi connectivity index (χ1) is 12.4. The van der Waals surface area contributed by atoms with Crippen LogP contribution in [0, 0.1) is 18.3 Å². The van der Waals surface area contributed by atoms with Crippen LogP contribution >= 0.6 is 23.2 Å². The van der Waals surface area contributed by atoms with E-state index in [4.69, 9.17) is 37.9 Å². The molecule has 0 unspecified atom stereocenters. The molecule has 0 radical (unpaired) electrons. The summed E-state index contributed by atoms with van der Waals surface area (Å²) in [5.74, 6) is -0.888. The molecule has 8 heteroatoms. The largest absolute Gasteiger partial charge is 0.482 e. The van der Waals surface area contributed by atoms with Gasteiger partial charge in [-0.15, -0.1) is 0 Å². The van der Waals surface area contributed by atoms with Crippen LogP contribution in [0.1, 0.15) is 11.1 Å². The molecule has 1 amide bonds. The van der Waals surface area contributed by atoms with Crippen molar-refractivity contribution >= 4 is 40.8 Å². The van der Waals surface area contributed by atoms with Crippen LogP contribution in [-0.2, 0) is 14.3 Å². The molecule has 134 valence electrons. The molecule has 0 fully saturated rings. The summed E-state index contributed by atoms with van der Waals surface area (Å²) < 4.78 is 10.1. The number of hydrogen-bond acceptors (Lipinski definition) is 5. The molecule has 0 spiro atoms. The standard InChI is InChI=1S/C18H14Cl2N2O4/c1-11-2-7-14(19)18(17(11)20)22-15(23)9-26-16(24)10-25-13-5-3-12(8-21)4-6-13/h2-7H,9-10H2,1H3,(H,22,23). The van der Waals surface area contributed by atoms with Crippen molar-refractivity contribution in [1.29, 1.82) is 5.26 Å². The first kappa shape index (κ1) is 19.6. The smallest absolute Gasteiger partial charge is 0.344 e. The molecule has 0 bridgehead atoms. The fourth-order valence-corrected chi connectivity index (χ4v) is 2.37. The summed E-state index contributed by atoms with van der Waals surface area (Å²) in [5, 5.41) is 11.8. The normalized spacial score (nSPS) is 9.92. The summed E-state index contributed by atoms with van der Waals surface area (Å²) in [6.45, 7) is 0.899. The number of ether oxygens (including phenoxy) is 2. The van der Waals surface area contributed by atoms with Crippen LogP contribution in [0.3, 0.4) is 0 Å². The molecule has 0 aliphatic rings. The molecule has 6 nitrogen and oxygen atoms in total. The van der Waals surface area contributed by atoms with E-state index in [1.54, 1.807) is 43.3 Å². The number of aryl methyl sites for hydroxylation is 1. The lowest BCUT2D eigenvalue weighted by Gasteiger charge is -2.11. The van der Waals surface area contributed by atoms with Crippen molar-refractivity contribution in [2.45, 2.75) is 6.92 Å². The Hall–Kier alpha value is -2.75. The molecule has 0 aromatic heterocycles. The predicted octanol–water partition coefficient (Wildman–Crippen LogP) is 3.73. The molecule has 0 heterocycles. The summed E-state index contributed by atoms with van der Waals surface area (Å²) in [4.78, 5) is 23.6. The van der Waals surface area contributed by atoms with Crippen LogP contribution in [0.2, 0.25) is 10.0 Å². The summed E-state index contributed by atoms with van der Waals surface area (Å²) in [5.41, 5.74) is 1.49. The molecule has 1 N–H and O–H groups in total. The molecule has 0 atom stereocenters. The molecule has 0 aliphatic heterocycles. The number of rotatable bonds is 6. The maximum Gasteiger partial charge on any atom is 0.344 e. The minimum atomic E-state index is -0.717. The third kappa shape index (κ3) is 5.38. The number of nitrogens with one attached hydrogen (secondary N) is 1. The lowest BCUT2D eigenvalue weighted by Crippen LogP contribution is -2.24. The van der Waals surface area contributed by atoms with E-state index in [1.165, 1.54) is 0 Å². The summed E-state index contributed by atoms with van der Waals surface area (Å²) >= 11 is 12.1. The number of anilines is 1. The first-order valence-electron chi connectivity index (χ1n) is 7.43. The SMILES string of the molecule is Cc1ccc(Cl)c(NC(=O)COC(=O)COc2ccc(C#N)cc2)c1Cl. The van der Waals surface area contributed by atoms with Gasteiger partial charge in [0.25, 0.3) is 5.91 Å². The zero-order valence-corrected chi connectivity index (χ0v) is 15.2. The van der Waals surface area contributed by atoms with E-state index in [0.29, 0.717) is 16.3 Å². The van der Waals surface area contributed by atoms with Gasteiger partial charge >= 0.3 is 5.97 Å². The van der Waals surface area contributed by atoms with Crippen LogP contribution in [0.5, 0.6) is 5.75 Å². The minimum absolute atomic E-state index is 0.267. The maximum absolute atomic E-state index is 11.9. The Kier molecular flexibility index (Phi) is 6.84. The van der Waals surface area contributed by atoms with Crippen LogP contribution in [0.15, 0.2) is 36.4 Å². The van der Waals surface area contributed by atoms with Crippen LogP contribution in [0.25, 0.3) is 0 Å². The quantitative estimate of drug-likeness (QED) is 0.756. The molecule has 2 rings (SSSR count). The van der Waals surface area contributed by atoms with Gasteiger partial charge in [-0.25, -0.2) is 4.79 Å². The van der Waals surface area contributed by atoms with E-state index in [2.05, 4.69) is 5.32 Å². The molecule has 0 aliphatic carbocycles. The Labute approximate surface area is 160 Å². The van der Waals surface area contributed by atoms with E-state index >= 15 is 0 Å². The van der Waals surface area contributed by atoms with E-state index in [1.807, 2.05) is 6.07 Å². The lowest BCUT2D eigenvalue weighted by atomic mass is 10.2. The summed E-state index contributed by atoms with van der Waals surface area (Å²) in [6, 6.07) is 11.5. The van der Waals surface area contributed by atoms with Crippen LogP contribution < -0.4 is 10.1 Å². The maximum atomic E-state index is 11.9. The van der Waals surface area contributed by atoms with Gasteiger partial charge in [-0.1, -0.05) is 29.3 Å². The number of hydrogen-bond donors (Lipinski definition) is 1. The van der Waals surface area contributed by atoms with Gasteiger partial charge in [-0.2, -0.15) is 5.26 Å². The van der Waals surface area contributed by atoms with Crippen molar-refractivity contribution in [3.63, 3.8) is 0 Å². The van der Waals surface area contributed by atoms with Crippen molar-refractivity contribution < 1.29 is 19.1 Å². The van der Waals surface area contributed by atoms with E-state index in [0.717, 1.165) is 5.56 Å². The highest BCUT2D eigenvalue weighted by molar-refractivity contribution is 6.40. The van der Waals surface area contributed by atoms with Gasteiger partial charge in [0.05, 0.1) is 27.4 Å². The highest BCUT2D eigenvalue weighted by Gasteiger charge is 2.14. The van der Waals surface area contributed by atoms with Gasteiger partial charge in [0.2, 0.25) is 0 Å². The van der Waals surface area contributed by atoms with Gasteiger partial charge < -0.3 is 14.8 Å². The molecule has 0 saturated heterocycles. The molecule has 2 aromatic carbocycles. The van der Waals surface area contributed by atoms with E-state index in [9.17, 15) is 9.59 Å². The Morgan fingerprint density at radius 2 is 1.81 bits per heavy atom. The zero-order chi connectivity index (χ0) is 19.1. The molecule has 0 saturated carbocycles. The number of carbonyl (C=O) groups excluding carboxylic acids is 2. The van der Waals surface area contributed by atoms with Crippen molar-refractivity contribution in [2.24, 2.45) is 0 Å². The number of esters is 1. The van der Waals surface area contributed by atoms with Gasteiger partial charge in [-0.3, -0.25) is 4.79 Å². The van der Waals surface area contributed by atoms with Gasteiger partial charge in [0, 0.05) is 0 Å². The Bertz CT molecular complexity index is 861. The Balaban J connectivity index is 1.81. The zero-order valence-electron chi connectivity index (χ0n) is 13.7. The van der Waals surface area contributed by atoms with E-state index in [-0.39, 0.29) is 17.3 Å². The number of benzene rings is 2. The highest BCUT2D eigenvalue weighted by atomic mass is 35.5. The third-order valence-corrected chi connectivity index (χ3v) is 4.06. The van der Waals surface area contributed by atoms with Crippen LogP contribution in [0.4, 0.5) is 5.69 Å². The fraction of sp³-hybridized carbons (Fsp3) is 0.167. The number of amides is 1. The molecule has 2 aromatic rings. The highest BCUT2D eigenvalue weighted by Crippen LogP contribution is 2.32. The number of nitriles is 1. The lowest BCUT2D eigenvalue weighted by molar-refractivity contribution is -0.149. The van der Waals surface area contributed by atoms with Crippen molar-refractivity contribution in [3.8, 4) is 11.8 Å². The summed E-state index contributed by atoms with van der Waals surface area (Å²) in [7, 11) is 0. The van der Waals surface area contributed by atoms with Crippen molar-refractivity contribution in [2.75, 3.05) is 18.5 Å². The van der Waals surface area contributed by atoms with Crippen molar-refractivity contribution in [1.82, 2.24) is 0 Å². The predicted molar refractivity (Wildman–Crippen MR) is 97.4 cm³/mol. The van der Waals surface area contributed by atoms with Gasteiger partial charge in [0.15, 0.2) is 13.2 Å². The number of nitrogens with zero attached hydrogens (tertiary/aromatic N) is 1. The second-order valence-corrected chi connectivity index (χ2v) is 5.97. The third-order valence-electron chi connectivity index (χ3n) is 3.25. The summed E-state index contributed by atoms with van der Waals surface area (Å²) in [6.07, 6.45) is 0. The minimum Gasteiger partial charge on any atom is -0.482 e. The average molecular weight is 393 g/mol. The average Bonchev–Trinajstić information content (AvgIpc) is 2.65. The van der Waals surface area contributed by atoms with Gasteiger partial charge in [-0.05, 0) is 42.8 Å². The Morgan fingerprint density at radius 3 is 2.46 bits per heavy atom. The molecular formula is C18H14Cl2N2O4. The number of carbonyl (C=O) groups is 2. The molecular weight excluding hydrogens is 379 g/mol. The fourth-order valence-electron chi connectivity index (χ4n) is 1.90. The van der Waals surface area contributed by atoms with E-state index < -0.39 is 18.5 Å². The topological polar surface area (TPSA) is 88.4 Å². The first-order valence-corrected chi connectivity index (χ1v) is 8.19. The Morgan fingerprint density at radius 1 is 1.12 bits per heavy atom. The second kappa shape index (κ2) is 9.09. The monoisotopic (exact) mass is 392 g/mol. The molecule has 26 heavy (non-hydrogen) atoms. The second-order valence-electron chi connectivity index (χ2n) is 5.19. The van der Waals surface area contributed by atoms with Crippen molar-refractivity contribution in [3.05, 3.63) is 57.6 Å².